The van der Waals surface area contributed by atoms with Crippen LogP contribution in [0.4, 0.5) is 0 Å². The maximum Gasteiger partial charge on any atom is 0.349 e. The van der Waals surface area contributed by atoms with Crippen molar-refractivity contribution in [3.05, 3.63) is 70.2 Å². The Kier molecular flexibility index (Phi) is 5.50. The summed E-state index contributed by atoms with van der Waals surface area (Å²) in [6.07, 6.45) is 3.53. The highest BCUT2D eigenvalue weighted by Crippen LogP contribution is 2.23. The molecule has 0 amide bonds. The zero-order valence-corrected chi connectivity index (χ0v) is 15.6. The van der Waals surface area contributed by atoms with Crippen molar-refractivity contribution in [3.63, 3.8) is 0 Å². The van der Waals surface area contributed by atoms with E-state index in [1.165, 1.54) is 13.2 Å². The lowest BCUT2D eigenvalue weighted by Gasteiger charge is -2.11. The Labute approximate surface area is 155 Å². The predicted molar refractivity (Wildman–Crippen MR) is 97.5 cm³/mol. The number of thiophene rings is 1. The van der Waals surface area contributed by atoms with Gasteiger partial charge in [-0.15, -0.1) is 11.3 Å². The number of sulfonamides is 1. The number of nitrogens with zero attached hydrogens (tertiary/aromatic N) is 2. The first-order valence-corrected chi connectivity index (χ1v) is 10.1. The summed E-state index contributed by atoms with van der Waals surface area (Å²) in [4.78, 5) is 11.7. The maximum atomic E-state index is 12.6. The number of ether oxygens (including phenoxy) is 1. The Hall–Kier alpha value is -2.49. The van der Waals surface area contributed by atoms with Crippen molar-refractivity contribution in [2.24, 2.45) is 0 Å². The summed E-state index contributed by atoms with van der Waals surface area (Å²) in [6, 6.07) is 10.8. The second-order valence-electron chi connectivity index (χ2n) is 5.40. The number of esters is 1. The molecule has 0 radical (unpaired) electrons. The first kappa shape index (κ1) is 18.3. The van der Waals surface area contributed by atoms with E-state index in [2.05, 4.69) is 14.6 Å². The van der Waals surface area contributed by atoms with E-state index in [0.717, 1.165) is 22.5 Å². The molecule has 136 valence electrons. The summed E-state index contributed by atoms with van der Waals surface area (Å²) in [5.41, 5.74) is 1.79. The third kappa shape index (κ3) is 4.01. The molecule has 0 unspecified atom stereocenters. The van der Waals surface area contributed by atoms with E-state index >= 15 is 0 Å². The van der Waals surface area contributed by atoms with Crippen molar-refractivity contribution < 1.29 is 17.9 Å². The molecule has 0 saturated heterocycles. The number of aromatic nitrogens is 2. The van der Waals surface area contributed by atoms with Crippen molar-refractivity contribution in [1.82, 2.24) is 14.5 Å². The Morgan fingerprint density at radius 1 is 1.23 bits per heavy atom. The lowest BCUT2D eigenvalue weighted by molar-refractivity contribution is 0.0602. The van der Waals surface area contributed by atoms with E-state index in [1.807, 2.05) is 36.5 Å². The number of hydrogen-bond acceptors (Lipinski definition) is 6. The van der Waals surface area contributed by atoms with Gasteiger partial charge in [-0.3, -0.25) is 4.68 Å². The molecule has 0 bridgehead atoms. The van der Waals surface area contributed by atoms with Gasteiger partial charge in [0.25, 0.3) is 0 Å². The number of benzene rings is 1. The van der Waals surface area contributed by atoms with Crippen LogP contribution in [0.5, 0.6) is 0 Å². The van der Waals surface area contributed by atoms with Gasteiger partial charge in [-0.05, 0) is 28.6 Å². The van der Waals surface area contributed by atoms with Gasteiger partial charge in [-0.2, -0.15) is 5.10 Å². The van der Waals surface area contributed by atoms with Crippen LogP contribution in [0.25, 0.3) is 0 Å². The Morgan fingerprint density at radius 2 is 2.00 bits per heavy atom. The zero-order chi connectivity index (χ0) is 18.6. The van der Waals surface area contributed by atoms with Crippen LogP contribution in [0.2, 0.25) is 0 Å². The molecule has 2 heterocycles. The molecule has 0 saturated carbocycles. The molecule has 0 aliphatic rings. The van der Waals surface area contributed by atoms with Gasteiger partial charge in [0, 0.05) is 18.9 Å². The molecular weight excluding hydrogens is 374 g/mol. The van der Waals surface area contributed by atoms with Crippen LogP contribution in [-0.4, -0.2) is 31.3 Å². The van der Waals surface area contributed by atoms with Gasteiger partial charge in [-0.1, -0.05) is 24.3 Å². The summed E-state index contributed by atoms with van der Waals surface area (Å²) < 4.78 is 34.2. The molecule has 0 atom stereocenters. The van der Waals surface area contributed by atoms with Gasteiger partial charge in [0.15, 0.2) is 0 Å². The number of hydrogen-bond donors (Lipinski definition) is 1. The fraction of sp³-hybridized carbons (Fsp3) is 0.176. The second kappa shape index (κ2) is 7.81. The largest absolute Gasteiger partial charge is 0.465 e. The van der Waals surface area contributed by atoms with Crippen LogP contribution >= 0.6 is 11.3 Å². The van der Waals surface area contributed by atoms with E-state index in [0.29, 0.717) is 6.54 Å². The fourth-order valence-corrected chi connectivity index (χ4v) is 4.79. The molecule has 0 aliphatic heterocycles. The minimum Gasteiger partial charge on any atom is -0.465 e. The van der Waals surface area contributed by atoms with E-state index in [1.54, 1.807) is 16.3 Å². The van der Waals surface area contributed by atoms with Crippen molar-refractivity contribution in [1.29, 1.82) is 0 Å². The molecule has 3 rings (SSSR count). The predicted octanol–water partition coefficient (Wildman–Crippen LogP) is 2.26. The van der Waals surface area contributed by atoms with Crippen LogP contribution in [0.15, 0.2) is 59.1 Å². The summed E-state index contributed by atoms with van der Waals surface area (Å²) in [7, 11) is -2.62. The molecule has 7 nitrogen and oxygen atoms in total. The van der Waals surface area contributed by atoms with Gasteiger partial charge in [0.1, 0.15) is 9.77 Å². The van der Waals surface area contributed by atoms with Crippen molar-refractivity contribution in [3.8, 4) is 0 Å². The number of rotatable bonds is 7. The van der Waals surface area contributed by atoms with Crippen molar-refractivity contribution in [2.45, 2.75) is 18.0 Å². The lowest BCUT2D eigenvalue weighted by Crippen LogP contribution is -2.25. The highest BCUT2D eigenvalue weighted by Gasteiger charge is 2.24. The number of methoxy groups -OCH3 is 1. The molecule has 9 heteroatoms. The first-order valence-electron chi connectivity index (χ1n) is 7.71. The van der Waals surface area contributed by atoms with Gasteiger partial charge >= 0.3 is 5.97 Å². The SMILES string of the molecule is COC(=O)c1sccc1S(=O)(=O)NCc1ccccc1Cn1cccn1. The summed E-state index contributed by atoms with van der Waals surface area (Å²) >= 11 is 1.03. The monoisotopic (exact) mass is 391 g/mol. The van der Waals surface area contributed by atoms with Crippen LogP contribution < -0.4 is 4.72 Å². The Bertz CT molecular complexity index is 995. The van der Waals surface area contributed by atoms with Gasteiger partial charge < -0.3 is 4.74 Å². The lowest BCUT2D eigenvalue weighted by atomic mass is 10.1. The molecule has 1 N–H and O–H groups in total. The summed E-state index contributed by atoms with van der Waals surface area (Å²) in [6.45, 7) is 0.646. The molecule has 0 spiro atoms. The molecule has 0 aliphatic carbocycles. The third-order valence-corrected chi connectivity index (χ3v) is 6.22. The van der Waals surface area contributed by atoms with Gasteiger partial charge in [0.2, 0.25) is 10.0 Å². The van der Waals surface area contributed by atoms with Crippen molar-refractivity contribution in [2.75, 3.05) is 7.11 Å². The quantitative estimate of drug-likeness (QED) is 0.624. The van der Waals surface area contributed by atoms with Gasteiger partial charge in [-0.25, -0.2) is 17.9 Å². The molecule has 1 aromatic carbocycles. The Balaban J connectivity index is 1.79. The molecule has 0 fully saturated rings. The van der Waals surface area contributed by atoms with E-state index in [4.69, 9.17) is 0 Å². The molecule has 26 heavy (non-hydrogen) atoms. The maximum absolute atomic E-state index is 12.6. The van der Waals surface area contributed by atoms with Crippen LogP contribution in [0.3, 0.4) is 0 Å². The molecule has 2 aromatic heterocycles. The minimum absolute atomic E-state index is 0.0600. The summed E-state index contributed by atoms with van der Waals surface area (Å²) in [5, 5.41) is 5.72. The van der Waals surface area contributed by atoms with Crippen LogP contribution in [0.1, 0.15) is 20.8 Å². The normalized spacial score (nSPS) is 11.4. The zero-order valence-electron chi connectivity index (χ0n) is 14.0. The minimum atomic E-state index is -3.84. The second-order valence-corrected chi connectivity index (χ2v) is 8.05. The van der Waals surface area contributed by atoms with Crippen molar-refractivity contribution >= 4 is 27.3 Å². The smallest absolute Gasteiger partial charge is 0.349 e. The first-order chi connectivity index (χ1) is 12.5. The average molecular weight is 391 g/mol. The van der Waals surface area contributed by atoms with E-state index < -0.39 is 16.0 Å². The highest BCUT2D eigenvalue weighted by molar-refractivity contribution is 7.89. The van der Waals surface area contributed by atoms with Crippen LogP contribution in [-0.2, 0) is 27.8 Å². The topological polar surface area (TPSA) is 90.3 Å². The third-order valence-electron chi connectivity index (χ3n) is 3.75. The standard InChI is InChI=1S/C17H17N3O4S2/c1-24-17(21)16-15(7-10-25-16)26(22,23)19-11-13-5-2-3-6-14(13)12-20-9-4-8-18-20/h2-10,19H,11-12H2,1H3. The highest BCUT2D eigenvalue weighted by atomic mass is 32.2. The fourth-order valence-electron chi connectivity index (χ4n) is 2.45. The summed E-state index contributed by atoms with van der Waals surface area (Å²) in [5.74, 6) is -0.667. The van der Waals surface area contributed by atoms with E-state index in [9.17, 15) is 13.2 Å². The number of carbonyl (C=O) groups is 1. The van der Waals surface area contributed by atoms with Gasteiger partial charge in [0.05, 0.1) is 13.7 Å². The number of carbonyl (C=O) groups excluding carboxylic acids is 1. The van der Waals surface area contributed by atoms with Crippen LogP contribution in [0, 0.1) is 0 Å². The average Bonchev–Trinajstić information content (AvgIpc) is 3.32. The molecule has 3 aromatic rings. The molecular formula is C17H17N3O4S2. The number of nitrogens with one attached hydrogen (secondary N) is 1. The Morgan fingerprint density at radius 3 is 2.69 bits per heavy atom. The van der Waals surface area contributed by atoms with E-state index in [-0.39, 0.29) is 16.3 Å².